The van der Waals surface area contributed by atoms with Crippen molar-refractivity contribution in [2.75, 3.05) is 0 Å². The average Bonchev–Trinajstić information content (AvgIpc) is 2.49. The molecule has 4 heteroatoms. The maximum atomic E-state index is 10.7. The van der Waals surface area contributed by atoms with Crippen molar-refractivity contribution in [2.45, 2.75) is 0 Å². The van der Waals surface area contributed by atoms with E-state index in [1.807, 2.05) is 6.07 Å². The molecule has 1 heterocycles. The Bertz CT molecular complexity index is 435. The minimum atomic E-state index is -0.901. The van der Waals surface area contributed by atoms with Crippen molar-refractivity contribution in [3.05, 3.63) is 28.8 Å². The Morgan fingerprint density at radius 3 is 3.08 bits per heavy atom. The molecule has 1 N–H and O–H groups in total. The molecule has 60 valence electrons. The molecule has 0 saturated carbocycles. The van der Waals surface area contributed by atoms with Crippen LogP contribution >= 0.6 is 0 Å². The summed E-state index contributed by atoms with van der Waals surface area (Å²) in [6.45, 7) is 0. The number of aromatic nitrogens is 1. The first-order chi connectivity index (χ1) is 5.79. The minimum absolute atomic E-state index is 0.223. The van der Waals surface area contributed by atoms with Crippen LogP contribution in [0.1, 0.15) is 10.4 Å². The molecule has 0 spiro atoms. The van der Waals surface area contributed by atoms with Crippen LogP contribution in [0.3, 0.4) is 0 Å². The molecule has 12 heavy (non-hydrogen) atoms. The summed E-state index contributed by atoms with van der Waals surface area (Å²) in [6.07, 6.45) is 0. The van der Waals surface area contributed by atoms with Gasteiger partial charge in [0.2, 0.25) is 0 Å². The van der Waals surface area contributed by atoms with Crippen molar-refractivity contribution in [1.29, 1.82) is 0 Å². The quantitative estimate of drug-likeness (QED) is 0.737. The van der Waals surface area contributed by atoms with Gasteiger partial charge < -0.3 is 0 Å². The predicted molar refractivity (Wildman–Crippen MR) is 45.6 cm³/mol. The summed E-state index contributed by atoms with van der Waals surface area (Å²) in [5, 5.41) is 10.6. The van der Waals surface area contributed by atoms with Gasteiger partial charge in [-0.1, -0.05) is 0 Å². The summed E-state index contributed by atoms with van der Waals surface area (Å²) in [5.41, 5.74) is 0.952. The third-order valence-corrected chi connectivity index (χ3v) is 3.26. The zero-order chi connectivity index (χ0) is 8.55. The Morgan fingerprint density at radius 2 is 2.33 bits per heavy atom. The number of hydrogen-bond donors (Lipinski definition) is 1. The molecule has 0 fully saturated rings. The number of para-hydroxylation sites is 1. The van der Waals surface area contributed by atoms with Crippen LogP contribution < -0.4 is 0 Å². The van der Waals surface area contributed by atoms with Crippen LogP contribution in [-0.2, 0) is 0 Å². The van der Waals surface area contributed by atoms with Crippen LogP contribution in [0.4, 0.5) is 0 Å². The SMILES string of the molecule is O=C(O)c1cccc2[se]cnc12. The third-order valence-electron chi connectivity index (χ3n) is 1.59. The van der Waals surface area contributed by atoms with E-state index >= 15 is 0 Å². The molecule has 2 aromatic rings. The molecule has 3 nitrogen and oxygen atoms in total. The number of benzene rings is 1. The molecule has 1 aromatic carbocycles. The molecule has 0 amide bonds. The van der Waals surface area contributed by atoms with Crippen LogP contribution in [0.15, 0.2) is 23.3 Å². The van der Waals surface area contributed by atoms with Gasteiger partial charge in [0, 0.05) is 0 Å². The molecule has 0 radical (unpaired) electrons. The van der Waals surface area contributed by atoms with Gasteiger partial charge in [-0.15, -0.1) is 0 Å². The fourth-order valence-electron chi connectivity index (χ4n) is 1.06. The summed E-state index contributed by atoms with van der Waals surface area (Å²) >= 11 is 0.223. The molecule has 0 aliphatic rings. The average molecular weight is 226 g/mol. The predicted octanol–water partition coefficient (Wildman–Crippen LogP) is 0.990. The van der Waals surface area contributed by atoms with Crippen LogP contribution in [0.2, 0.25) is 0 Å². The summed E-state index contributed by atoms with van der Waals surface area (Å²) < 4.78 is 1.06. The Labute approximate surface area is 74.4 Å². The Kier molecular flexibility index (Phi) is 1.71. The van der Waals surface area contributed by atoms with Crippen LogP contribution in [-0.4, -0.2) is 30.6 Å². The van der Waals surface area contributed by atoms with E-state index in [-0.39, 0.29) is 14.5 Å². The molecule has 1 aromatic heterocycles. The third kappa shape index (κ3) is 1.05. The topological polar surface area (TPSA) is 50.2 Å². The number of nitrogens with zero attached hydrogens (tertiary/aromatic N) is 1. The van der Waals surface area contributed by atoms with Crippen molar-refractivity contribution in [2.24, 2.45) is 0 Å². The van der Waals surface area contributed by atoms with E-state index in [9.17, 15) is 4.79 Å². The standard InChI is InChI=1S/C8H5NO2Se/c10-8(11)5-2-1-3-6-7(5)9-4-12-6/h1-4H,(H,10,11). The van der Waals surface area contributed by atoms with Gasteiger partial charge in [0.25, 0.3) is 0 Å². The second-order valence-electron chi connectivity index (χ2n) is 2.31. The van der Waals surface area contributed by atoms with Gasteiger partial charge in [0.05, 0.1) is 0 Å². The first-order valence-corrected chi connectivity index (χ1v) is 5.19. The van der Waals surface area contributed by atoms with Crippen LogP contribution in [0.25, 0.3) is 9.78 Å². The number of carboxylic acid groups (broad SMARTS) is 1. The van der Waals surface area contributed by atoms with E-state index in [1.54, 1.807) is 17.2 Å². The fraction of sp³-hybridized carbons (Fsp3) is 0. The number of rotatable bonds is 1. The Morgan fingerprint density at radius 1 is 1.50 bits per heavy atom. The first kappa shape index (κ1) is 7.52. The second-order valence-corrected chi connectivity index (χ2v) is 4.17. The van der Waals surface area contributed by atoms with Gasteiger partial charge in [-0.2, -0.15) is 0 Å². The molecule has 0 aliphatic heterocycles. The maximum absolute atomic E-state index is 10.7. The van der Waals surface area contributed by atoms with E-state index in [0.717, 1.165) is 4.26 Å². The van der Waals surface area contributed by atoms with Gasteiger partial charge in [-0.3, -0.25) is 0 Å². The summed E-state index contributed by atoms with van der Waals surface area (Å²) in [6, 6.07) is 5.27. The molecule has 2 rings (SSSR count). The first-order valence-electron chi connectivity index (χ1n) is 3.34. The zero-order valence-corrected chi connectivity index (χ0v) is 7.73. The number of fused-ring (bicyclic) bond motifs is 1. The monoisotopic (exact) mass is 227 g/mol. The molecule has 0 unspecified atom stereocenters. The van der Waals surface area contributed by atoms with E-state index in [2.05, 4.69) is 4.98 Å². The molecule has 0 aliphatic carbocycles. The molecule has 0 saturated heterocycles. The molecule has 0 bridgehead atoms. The zero-order valence-electron chi connectivity index (χ0n) is 6.02. The Balaban J connectivity index is 2.82. The van der Waals surface area contributed by atoms with Crippen molar-refractivity contribution < 1.29 is 9.90 Å². The van der Waals surface area contributed by atoms with Crippen molar-refractivity contribution in [1.82, 2.24) is 4.98 Å². The number of carboxylic acids is 1. The van der Waals surface area contributed by atoms with Gasteiger partial charge in [-0.25, -0.2) is 0 Å². The number of aromatic carboxylic acids is 1. The van der Waals surface area contributed by atoms with Crippen LogP contribution in [0.5, 0.6) is 0 Å². The van der Waals surface area contributed by atoms with Gasteiger partial charge in [0.1, 0.15) is 0 Å². The van der Waals surface area contributed by atoms with E-state index < -0.39 is 5.97 Å². The Hall–Kier alpha value is -1.12. The van der Waals surface area contributed by atoms with Crippen molar-refractivity contribution in [3.63, 3.8) is 0 Å². The van der Waals surface area contributed by atoms with E-state index in [0.29, 0.717) is 11.1 Å². The molecular formula is C8H5NO2Se. The van der Waals surface area contributed by atoms with Crippen LogP contribution in [0, 0.1) is 0 Å². The molecule has 0 atom stereocenters. The van der Waals surface area contributed by atoms with E-state index in [4.69, 9.17) is 5.11 Å². The summed E-state index contributed by atoms with van der Waals surface area (Å²) in [5.74, 6) is -0.901. The van der Waals surface area contributed by atoms with Crippen molar-refractivity contribution >= 4 is 30.2 Å². The van der Waals surface area contributed by atoms with Gasteiger partial charge in [-0.05, 0) is 0 Å². The second kappa shape index (κ2) is 2.73. The van der Waals surface area contributed by atoms with Gasteiger partial charge >= 0.3 is 74.0 Å². The number of carbonyl (C=O) groups is 1. The normalized spacial score (nSPS) is 10.3. The summed E-state index contributed by atoms with van der Waals surface area (Å²) in [7, 11) is 0. The van der Waals surface area contributed by atoms with E-state index in [1.165, 1.54) is 0 Å². The molecular weight excluding hydrogens is 221 g/mol. The van der Waals surface area contributed by atoms with Crippen molar-refractivity contribution in [3.8, 4) is 0 Å². The number of hydrogen-bond acceptors (Lipinski definition) is 2. The fourth-order valence-corrected chi connectivity index (χ4v) is 2.53. The summed E-state index contributed by atoms with van der Waals surface area (Å²) in [4.78, 5) is 14.7. The van der Waals surface area contributed by atoms with Gasteiger partial charge in [0.15, 0.2) is 0 Å².